The van der Waals surface area contributed by atoms with Gasteiger partial charge in [-0.2, -0.15) is 0 Å². The molecule has 0 aliphatic heterocycles. The van der Waals surface area contributed by atoms with Crippen LogP contribution in [0.5, 0.6) is 0 Å². The van der Waals surface area contributed by atoms with E-state index in [9.17, 15) is 18.3 Å². The average molecular weight is 388 g/mol. The molecule has 1 unspecified atom stereocenters. The maximum Gasteiger partial charge on any atom is 1.00 e. The minimum absolute atomic E-state index is 0. The summed E-state index contributed by atoms with van der Waals surface area (Å²) in [5, 5.41) is 11.2. The number of halogens is 1. The second-order valence-electron chi connectivity index (χ2n) is 5.83. The van der Waals surface area contributed by atoms with Gasteiger partial charge in [-0.05, 0) is 53.8 Å². The monoisotopic (exact) mass is 387 g/mol. The van der Waals surface area contributed by atoms with Gasteiger partial charge in [0.05, 0.1) is 4.90 Å². The molecule has 0 spiro atoms. The number of hydrogen-bond acceptors (Lipinski definition) is 4. The van der Waals surface area contributed by atoms with E-state index in [0.29, 0.717) is 23.4 Å². The number of rotatable bonds is 5. The van der Waals surface area contributed by atoms with Crippen molar-refractivity contribution in [3.05, 3.63) is 64.2 Å². The summed E-state index contributed by atoms with van der Waals surface area (Å²) in [5.41, 5.74) is 2.66. The Labute approximate surface area is 173 Å². The molecule has 1 atom stereocenters. The number of aliphatic carboxylic acids is 1. The van der Waals surface area contributed by atoms with Crippen LogP contribution < -0.4 is 39.4 Å². The molecule has 0 bridgehead atoms. The predicted octanol–water partition coefficient (Wildman–Crippen LogP) is -1.92. The molecule has 0 saturated carbocycles. The first-order valence-electron chi connectivity index (χ1n) is 7.42. The Morgan fingerprint density at radius 1 is 1.12 bits per heavy atom. The Morgan fingerprint density at radius 2 is 1.76 bits per heavy atom. The Morgan fingerprint density at radius 3 is 2.40 bits per heavy atom. The summed E-state index contributed by atoms with van der Waals surface area (Å²) < 4.78 is 27.5. The number of fused-ring (bicyclic) bond motifs is 1. The third-order valence-corrected chi connectivity index (χ3v) is 5.79. The third-order valence-electron chi connectivity index (χ3n) is 4.00. The molecule has 0 fully saturated rings. The van der Waals surface area contributed by atoms with E-state index in [1.165, 1.54) is 24.3 Å². The fourth-order valence-corrected chi connectivity index (χ4v) is 4.29. The summed E-state index contributed by atoms with van der Waals surface area (Å²) in [6, 6.07) is 11.1. The maximum absolute atomic E-state index is 12.4. The minimum atomic E-state index is -3.62. The Kier molecular flexibility index (Phi) is 6.70. The number of benzene rings is 2. The second-order valence-corrected chi connectivity index (χ2v) is 7.98. The summed E-state index contributed by atoms with van der Waals surface area (Å²) in [7, 11) is -3.62. The van der Waals surface area contributed by atoms with Crippen molar-refractivity contribution in [3.8, 4) is 0 Å². The van der Waals surface area contributed by atoms with Crippen LogP contribution in [-0.2, 0) is 34.1 Å². The van der Waals surface area contributed by atoms with Crippen LogP contribution >= 0.6 is 11.6 Å². The molecule has 0 amide bonds. The topological polar surface area (TPSA) is 86.3 Å². The molecule has 0 heterocycles. The number of carboxylic acid groups (broad SMARTS) is 1. The molecule has 1 aliphatic carbocycles. The molecule has 2 aromatic carbocycles. The van der Waals surface area contributed by atoms with E-state index in [-0.39, 0.29) is 46.9 Å². The van der Waals surface area contributed by atoms with E-state index in [0.717, 1.165) is 11.1 Å². The first kappa shape index (κ1) is 20.4. The zero-order chi connectivity index (χ0) is 17.3. The molecule has 0 aromatic heterocycles. The molecule has 3 rings (SSSR count). The molecule has 0 radical (unpaired) electrons. The summed E-state index contributed by atoms with van der Waals surface area (Å²) in [6.45, 7) is 0. The van der Waals surface area contributed by atoms with Crippen LogP contribution in [0.4, 0.5) is 0 Å². The predicted molar refractivity (Wildman–Crippen MR) is 88.1 cm³/mol. The first-order valence-corrected chi connectivity index (χ1v) is 9.28. The van der Waals surface area contributed by atoms with Crippen molar-refractivity contribution < 1.29 is 47.9 Å². The van der Waals surface area contributed by atoms with Gasteiger partial charge in [0.2, 0.25) is 10.0 Å². The minimum Gasteiger partial charge on any atom is -0.550 e. The van der Waals surface area contributed by atoms with Gasteiger partial charge in [0.25, 0.3) is 0 Å². The molecule has 25 heavy (non-hydrogen) atoms. The van der Waals surface area contributed by atoms with Crippen molar-refractivity contribution in [1.29, 1.82) is 0 Å². The largest absolute Gasteiger partial charge is 1.00 e. The van der Waals surface area contributed by atoms with Gasteiger partial charge in [-0.15, -0.1) is 0 Å². The molecule has 5 nitrogen and oxygen atoms in total. The second kappa shape index (κ2) is 8.20. The molecule has 2 aromatic rings. The smallest absolute Gasteiger partial charge is 0.550 e. The van der Waals surface area contributed by atoms with Crippen LogP contribution in [0, 0.1) is 0 Å². The van der Waals surface area contributed by atoms with Crippen LogP contribution in [0.3, 0.4) is 0 Å². The zero-order valence-electron chi connectivity index (χ0n) is 13.7. The van der Waals surface area contributed by atoms with Crippen molar-refractivity contribution in [3.63, 3.8) is 0 Å². The Bertz CT molecular complexity index is 884. The van der Waals surface area contributed by atoms with E-state index < -0.39 is 16.0 Å². The van der Waals surface area contributed by atoms with Crippen LogP contribution in [0.1, 0.15) is 16.7 Å². The van der Waals surface area contributed by atoms with Gasteiger partial charge in [-0.1, -0.05) is 29.8 Å². The van der Waals surface area contributed by atoms with E-state index in [1.54, 1.807) is 6.07 Å². The SMILES string of the molecule is O=C([O-])Cc1ccc2c(c1)CC(NS(=O)(=O)c1ccc(Cl)cc1)C2.[Na+]. The van der Waals surface area contributed by atoms with Crippen LogP contribution in [0.2, 0.25) is 5.02 Å². The Balaban J connectivity index is 0.00000225. The van der Waals surface area contributed by atoms with E-state index in [2.05, 4.69) is 4.72 Å². The number of hydrogen-bond donors (Lipinski definition) is 1. The number of carbonyl (C=O) groups excluding carboxylic acids is 1. The number of carbonyl (C=O) groups is 1. The number of nitrogens with one attached hydrogen (secondary N) is 1. The summed E-state index contributed by atoms with van der Waals surface area (Å²) >= 11 is 5.78. The summed E-state index contributed by atoms with van der Waals surface area (Å²) in [6.07, 6.45) is 0.964. The van der Waals surface area contributed by atoms with Crippen molar-refractivity contribution in [2.24, 2.45) is 0 Å². The van der Waals surface area contributed by atoms with Crippen LogP contribution in [0.15, 0.2) is 47.4 Å². The molecule has 126 valence electrons. The first-order chi connectivity index (χ1) is 11.3. The van der Waals surface area contributed by atoms with Crippen molar-refractivity contribution in [2.45, 2.75) is 30.2 Å². The average Bonchev–Trinajstić information content (AvgIpc) is 2.87. The van der Waals surface area contributed by atoms with Gasteiger partial charge in [0.1, 0.15) is 0 Å². The van der Waals surface area contributed by atoms with Gasteiger partial charge in [0, 0.05) is 23.5 Å². The molecule has 0 saturated heterocycles. The van der Waals surface area contributed by atoms with Gasteiger partial charge in [-0.3, -0.25) is 0 Å². The van der Waals surface area contributed by atoms with Gasteiger partial charge in [-0.25, -0.2) is 13.1 Å². The molecular weight excluding hydrogens is 373 g/mol. The van der Waals surface area contributed by atoms with Gasteiger partial charge >= 0.3 is 29.6 Å². The number of sulfonamides is 1. The van der Waals surface area contributed by atoms with Crippen LogP contribution in [-0.4, -0.2) is 20.4 Å². The molecule has 8 heteroatoms. The molecule has 1 N–H and O–H groups in total. The maximum atomic E-state index is 12.4. The number of carboxylic acids is 1. The van der Waals surface area contributed by atoms with Crippen molar-refractivity contribution in [2.75, 3.05) is 0 Å². The van der Waals surface area contributed by atoms with Crippen molar-refractivity contribution >= 4 is 27.6 Å². The fourth-order valence-electron chi connectivity index (χ4n) is 2.93. The van der Waals surface area contributed by atoms with Crippen molar-refractivity contribution in [1.82, 2.24) is 4.72 Å². The van der Waals surface area contributed by atoms with E-state index in [1.807, 2.05) is 12.1 Å². The van der Waals surface area contributed by atoms with Crippen LogP contribution in [0.25, 0.3) is 0 Å². The van der Waals surface area contributed by atoms with Gasteiger partial charge in [0.15, 0.2) is 0 Å². The molecule has 1 aliphatic rings. The van der Waals surface area contributed by atoms with E-state index in [4.69, 9.17) is 11.6 Å². The normalized spacial score (nSPS) is 16.1. The standard InChI is InChI=1S/C17H16ClNO4S.Na/c18-14-3-5-16(6-4-14)24(22,23)19-15-9-12-2-1-11(8-17(20)21)7-13(12)10-15;/h1-7,15,19H,8-10H2,(H,20,21);/q;+1/p-1. The zero-order valence-corrected chi connectivity index (χ0v) is 17.2. The third kappa shape index (κ3) is 5.06. The quantitative estimate of drug-likeness (QED) is 0.606. The Hall–Kier alpha value is -0.890. The molecular formula is C17H15ClNNaO4S. The fraction of sp³-hybridized carbons (Fsp3) is 0.235. The van der Waals surface area contributed by atoms with Gasteiger partial charge < -0.3 is 9.90 Å². The summed E-state index contributed by atoms with van der Waals surface area (Å²) in [5.74, 6) is -1.13. The summed E-state index contributed by atoms with van der Waals surface area (Å²) in [4.78, 5) is 10.9. The van der Waals surface area contributed by atoms with E-state index >= 15 is 0 Å².